The second-order valence-corrected chi connectivity index (χ2v) is 6.61. The van der Waals surface area contributed by atoms with Crippen LogP contribution in [0.5, 0.6) is 5.75 Å². The van der Waals surface area contributed by atoms with Crippen molar-refractivity contribution >= 4 is 11.9 Å². The molecule has 0 atom stereocenters. The zero-order valence-electron chi connectivity index (χ0n) is 14.4. The molecule has 0 bridgehead atoms. The highest BCUT2D eigenvalue weighted by Crippen LogP contribution is 2.42. The van der Waals surface area contributed by atoms with Gasteiger partial charge in [-0.1, -0.05) is 12.1 Å². The molecule has 0 radical (unpaired) electrons. The van der Waals surface area contributed by atoms with Crippen LogP contribution in [0.3, 0.4) is 0 Å². The van der Waals surface area contributed by atoms with Gasteiger partial charge in [-0.05, 0) is 37.5 Å². The first-order valence-corrected chi connectivity index (χ1v) is 8.53. The lowest BCUT2D eigenvalue weighted by atomic mass is 9.71. The molecule has 1 aromatic carbocycles. The average molecular weight is 331 g/mol. The van der Waals surface area contributed by atoms with Gasteiger partial charge in [-0.15, -0.1) is 0 Å². The highest BCUT2D eigenvalue weighted by molar-refractivity contribution is 5.89. The van der Waals surface area contributed by atoms with Crippen molar-refractivity contribution in [2.75, 3.05) is 33.3 Å². The predicted molar refractivity (Wildman–Crippen MR) is 90.7 cm³/mol. The van der Waals surface area contributed by atoms with Crippen molar-refractivity contribution in [1.82, 2.24) is 15.1 Å². The number of ether oxygens (including phenoxy) is 1. The van der Waals surface area contributed by atoms with Crippen molar-refractivity contribution in [3.8, 4) is 5.75 Å². The first-order chi connectivity index (χ1) is 11.6. The molecule has 0 unspecified atom stereocenters. The van der Waals surface area contributed by atoms with E-state index in [1.165, 1.54) is 0 Å². The van der Waals surface area contributed by atoms with Gasteiger partial charge in [-0.3, -0.25) is 4.79 Å². The van der Waals surface area contributed by atoms with Crippen LogP contribution in [-0.4, -0.2) is 55.0 Å². The summed E-state index contributed by atoms with van der Waals surface area (Å²) in [6.45, 7) is 5.30. The monoisotopic (exact) mass is 331 g/mol. The highest BCUT2D eigenvalue weighted by Gasteiger charge is 2.53. The Labute approximate surface area is 142 Å². The lowest BCUT2D eigenvalue weighted by Crippen LogP contribution is -2.64. The maximum Gasteiger partial charge on any atom is 0.317 e. The quantitative estimate of drug-likeness (QED) is 0.857. The fourth-order valence-electron chi connectivity index (χ4n) is 3.60. The van der Waals surface area contributed by atoms with Gasteiger partial charge in [0.25, 0.3) is 0 Å². The van der Waals surface area contributed by atoms with Crippen molar-refractivity contribution in [2.45, 2.75) is 26.3 Å². The maximum absolute atomic E-state index is 12.7. The summed E-state index contributed by atoms with van der Waals surface area (Å²) in [5.41, 5.74) is 0.869. The number of nitrogens with zero attached hydrogens (tertiary/aromatic N) is 2. The van der Waals surface area contributed by atoms with Crippen LogP contribution in [0.2, 0.25) is 0 Å². The van der Waals surface area contributed by atoms with Crippen LogP contribution in [0.25, 0.3) is 0 Å². The third-order valence-corrected chi connectivity index (χ3v) is 5.10. The molecule has 1 spiro atoms. The Morgan fingerprint density at radius 2 is 1.92 bits per heavy atom. The smallest absolute Gasteiger partial charge is 0.317 e. The molecular formula is C18H25N3O3. The lowest BCUT2D eigenvalue weighted by Gasteiger charge is -2.52. The Kier molecular flexibility index (Phi) is 4.64. The molecule has 0 aliphatic carbocycles. The number of urea groups is 1. The molecule has 6 heteroatoms. The second-order valence-electron chi connectivity index (χ2n) is 6.61. The number of methoxy groups -OCH3 is 1. The third kappa shape index (κ3) is 3.05. The van der Waals surface area contributed by atoms with Crippen LogP contribution >= 0.6 is 0 Å². The third-order valence-electron chi connectivity index (χ3n) is 5.10. The van der Waals surface area contributed by atoms with E-state index >= 15 is 0 Å². The van der Waals surface area contributed by atoms with Gasteiger partial charge < -0.3 is 19.9 Å². The minimum absolute atomic E-state index is 0.0192. The number of likely N-dealkylation sites (tertiary alicyclic amines) is 2. The molecule has 6 nitrogen and oxygen atoms in total. The van der Waals surface area contributed by atoms with Crippen LogP contribution < -0.4 is 10.1 Å². The number of amides is 3. The van der Waals surface area contributed by atoms with Gasteiger partial charge in [0.1, 0.15) is 5.75 Å². The maximum atomic E-state index is 12.7. The van der Waals surface area contributed by atoms with Gasteiger partial charge in [0, 0.05) is 32.7 Å². The SMILES string of the molecule is CCNC(=O)N1CCC2(CC1)CN(Cc1ccc(OC)cc1)C2=O. The van der Waals surface area contributed by atoms with Crippen molar-refractivity contribution < 1.29 is 14.3 Å². The van der Waals surface area contributed by atoms with Crippen molar-refractivity contribution in [1.29, 1.82) is 0 Å². The van der Waals surface area contributed by atoms with E-state index in [1.807, 2.05) is 41.0 Å². The van der Waals surface area contributed by atoms with Crippen molar-refractivity contribution in [3.05, 3.63) is 29.8 Å². The van der Waals surface area contributed by atoms with E-state index in [1.54, 1.807) is 7.11 Å². The topological polar surface area (TPSA) is 61.9 Å². The largest absolute Gasteiger partial charge is 0.497 e. The van der Waals surface area contributed by atoms with E-state index in [9.17, 15) is 9.59 Å². The molecule has 0 saturated carbocycles. The number of rotatable bonds is 4. The van der Waals surface area contributed by atoms with E-state index in [2.05, 4.69) is 5.32 Å². The molecule has 2 aliphatic heterocycles. The fourth-order valence-corrected chi connectivity index (χ4v) is 3.60. The summed E-state index contributed by atoms with van der Waals surface area (Å²) in [6.07, 6.45) is 1.53. The number of hydrogen-bond acceptors (Lipinski definition) is 3. The van der Waals surface area contributed by atoms with Gasteiger partial charge in [0.05, 0.1) is 12.5 Å². The molecule has 130 valence electrons. The highest BCUT2D eigenvalue weighted by atomic mass is 16.5. The standard InChI is InChI=1S/C18H25N3O3/c1-3-19-17(23)20-10-8-18(9-11-20)13-21(16(18)22)12-14-4-6-15(24-2)7-5-14/h4-7H,3,8-13H2,1-2H3,(H,19,23). The zero-order valence-corrected chi connectivity index (χ0v) is 14.4. The van der Waals surface area contributed by atoms with E-state index in [0.29, 0.717) is 26.2 Å². The number of β-lactam (4-membered cyclic amide) rings is 1. The van der Waals surface area contributed by atoms with E-state index in [0.717, 1.165) is 30.7 Å². The molecule has 2 heterocycles. The van der Waals surface area contributed by atoms with Crippen molar-refractivity contribution in [2.24, 2.45) is 5.41 Å². The number of nitrogens with one attached hydrogen (secondary N) is 1. The summed E-state index contributed by atoms with van der Waals surface area (Å²) >= 11 is 0. The second kappa shape index (κ2) is 6.71. The summed E-state index contributed by atoms with van der Waals surface area (Å²) in [4.78, 5) is 28.2. The van der Waals surface area contributed by atoms with Crippen LogP contribution in [0.4, 0.5) is 4.79 Å². The summed E-state index contributed by atoms with van der Waals surface area (Å²) in [5, 5.41) is 2.82. The molecule has 3 rings (SSSR count). The Balaban J connectivity index is 1.52. The van der Waals surface area contributed by atoms with Gasteiger partial charge in [-0.25, -0.2) is 4.79 Å². The van der Waals surface area contributed by atoms with E-state index < -0.39 is 0 Å². The van der Waals surface area contributed by atoms with Crippen LogP contribution in [0, 0.1) is 5.41 Å². The van der Waals surface area contributed by atoms with Crippen LogP contribution in [-0.2, 0) is 11.3 Å². The number of benzene rings is 1. The molecule has 24 heavy (non-hydrogen) atoms. The Hall–Kier alpha value is -2.24. The Morgan fingerprint density at radius 3 is 2.46 bits per heavy atom. The summed E-state index contributed by atoms with van der Waals surface area (Å²) in [5.74, 6) is 1.05. The number of carbonyl (C=O) groups excluding carboxylic acids is 2. The molecule has 3 amide bonds. The number of piperidine rings is 1. The molecule has 2 fully saturated rings. The molecular weight excluding hydrogens is 306 g/mol. The predicted octanol–water partition coefficient (Wildman–Crippen LogP) is 1.85. The zero-order chi connectivity index (χ0) is 17.2. The van der Waals surface area contributed by atoms with Gasteiger partial charge in [0.2, 0.25) is 5.91 Å². The Morgan fingerprint density at radius 1 is 1.25 bits per heavy atom. The minimum atomic E-state index is -0.241. The average Bonchev–Trinajstić information content (AvgIpc) is 2.62. The van der Waals surface area contributed by atoms with Crippen molar-refractivity contribution in [3.63, 3.8) is 0 Å². The molecule has 2 saturated heterocycles. The lowest BCUT2D eigenvalue weighted by molar-refractivity contribution is -0.165. The first-order valence-electron chi connectivity index (χ1n) is 8.53. The summed E-state index contributed by atoms with van der Waals surface area (Å²) in [7, 11) is 1.64. The molecule has 2 aliphatic rings. The van der Waals surface area contributed by atoms with Gasteiger partial charge >= 0.3 is 6.03 Å². The van der Waals surface area contributed by atoms with E-state index in [-0.39, 0.29) is 17.4 Å². The van der Waals surface area contributed by atoms with E-state index in [4.69, 9.17) is 4.74 Å². The number of hydrogen-bond donors (Lipinski definition) is 1. The Bertz CT molecular complexity index is 606. The number of carbonyl (C=O) groups is 2. The van der Waals surface area contributed by atoms with Crippen LogP contribution in [0.1, 0.15) is 25.3 Å². The molecule has 1 N–H and O–H groups in total. The van der Waals surface area contributed by atoms with Crippen LogP contribution in [0.15, 0.2) is 24.3 Å². The van der Waals surface area contributed by atoms with Gasteiger partial charge in [0.15, 0.2) is 0 Å². The molecule has 0 aromatic heterocycles. The minimum Gasteiger partial charge on any atom is -0.497 e. The summed E-state index contributed by atoms with van der Waals surface area (Å²) in [6, 6.07) is 7.80. The summed E-state index contributed by atoms with van der Waals surface area (Å²) < 4.78 is 5.15. The fraction of sp³-hybridized carbons (Fsp3) is 0.556. The molecule has 1 aromatic rings. The normalized spacial score (nSPS) is 19.2. The van der Waals surface area contributed by atoms with Gasteiger partial charge in [-0.2, -0.15) is 0 Å². The first kappa shape index (κ1) is 16.6.